The molecule has 1 aromatic carbocycles. The van der Waals surface area contributed by atoms with Gasteiger partial charge in [-0.05, 0) is 12.5 Å². The van der Waals surface area contributed by atoms with Crippen molar-refractivity contribution in [3.8, 4) is 0 Å². The van der Waals surface area contributed by atoms with Gasteiger partial charge >= 0.3 is 0 Å². The normalized spacial score (nSPS) is 21.1. The van der Waals surface area contributed by atoms with Crippen molar-refractivity contribution in [2.24, 2.45) is 0 Å². The Labute approximate surface area is 89.6 Å². The molecule has 0 N–H and O–H groups in total. The Balaban J connectivity index is 2.37. The summed E-state index contributed by atoms with van der Waals surface area (Å²) in [6.07, 6.45) is 4.56. The summed E-state index contributed by atoms with van der Waals surface area (Å²) in [7, 11) is 0. The van der Waals surface area contributed by atoms with Crippen LogP contribution in [0.25, 0.3) is 5.76 Å². The number of benzene rings is 1. The van der Waals surface area contributed by atoms with Crippen molar-refractivity contribution < 1.29 is 9.53 Å². The largest absolute Gasteiger partial charge is 0.478 e. The maximum Gasteiger partial charge on any atom is 0.179 e. The molecule has 0 amide bonds. The third-order valence-electron chi connectivity index (χ3n) is 2.53. The summed E-state index contributed by atoms with van der Waals surface area (Å²) in [6, 6.07) is 7.85. The number of hydrogen-bond acceptors (Lipinski definition) is 2. The van der Waals surface area contributed by atoms with E-state index < -0.39 is 6.10 Å². The number of allylic oxidation sites excluding steroid dienone is 1. The van der Waals surface area contributed by atoms with Crippen LogP contribution in [0.5, 0.6) is 0 Å². The van der Waals surface area contributed by atoms with E-state index >= 15 is 0 Å². The van der Waals surface area contributed by atoms with Gasteiger partial charge in [0, 0.05) is 11.1 Å². The molecular formula is C13H14O2. The standard InChI is InChI=1S/C13H14O2/c1-2-3-8-12-10-6-4-5-7-11(10)13(9-14)15-12/h4-9,13H,2-3H2,1H3/b12-8-. The number of rotatable bonds is 3. The second-order valence-electron chi connectivity index (χ2n) is 3.62. The summed E-state index contributed by atoms with van der Waals surface area (Å²) in [5.41, 5.74) is 2.04. The molecule has 0 saturated carbocycles. The van der Waals surface area contributed by atoms with E-state index in [4.69, 9.17) is 4.74 Å². The number of aldehydes is 1. The lowest BCUT2D eigenvalue weighted by molar-refractivity contribution is -0.114. The lowest BCUT2D eigenvalue weighted by Crippen LogP contribution is -1.95. The summed E-state index contributed by atoms with van der Waals surface area (Å²) in [6.45, 7) is 2.12. The Morgan fingerprint density at radius 1 is 1.40 bits per heavy atom. The van der Waals surface area contributed by atoms with Crippen LogP contribution in [-0.4, -0.2) is 6.29 Å². The van der Waals surface area contributed by atoms with Gasteiger partial charge in [0.15, 0.2) is 12.4 Å². The molecule has 1 aromatic rings. The molecule has 15 heavy (non-hydrogen) atoms. The van der Waals surface area contributed by atoms with E-state index in [-0.39, 0.29) is 0 Å². The molecule has 1 aliphatic heterocycles. The summed E-state index contributed by atoms with van der Waals surface area (Å²) in [5.74, 6) is 0.851. The molecule has 0 fully saturated rings. The lowest BCUT2D eigenvalue weighted by atomic mass is 10.0. The van der Waals surface area contributed by atoms with Crippen molar-refractivity contribution in [1.82, 2.24) is 0 Å². The SMILES string of the molecule is CCC/C=C1\OC(C=O)c2ccccc21. The van der Waals surface area contributed by atoms with E-state index in [1.54, 1.807) is 0 Å². The van der Waals surface area contributed by atoms with Gasteiger partial charge in [-0.3, -0.25) is 4.79 Å². The maximum absolute atomic E-state index is 10.8. The molecule has 0 saturated heterocycles. The van der Waals surface area contributed by atoms with Gasteiger partial charge in [-0.25, -0.2) is 0 Å². The van der Waals surface area contributed by atoms with Gasteiger partial charge in [0.1, 0.15) is 5.76 Å². The zero-order valence-corrected chi connectivity index (χ0v) is 8.77. The number of carbonyl (C=O) groups excluding carboxylic acids is 1. The first kappa shape index (κ1) is 9.97. The molecular weight excluding hydrogens is 188 g/mol. The molecule has 78 valence electrons. The predicted molar refractivity (Wildman–Crippen MR) is 59.2 cm³/mol. The van der Waals surface area contributed by atoms with Crippen molar-refractivity contribution in [3.63, 3.8) is 0 Å². The first-order valence-corrected chi connectivity index (χ1v) is 5.28. The Hall–Kier alpha value is -1.57. The Bertz CT molecular complexity index is 393. The molecule has 0 aromatic heterocycles. The summed E-state index contributed by atoms with van der Waals surface area (Å²) in [4.78, 5) is 10.8. The van der Waals surface area contributed by atoms with E-state index in [1.807, 2.05) is 24.3 Å². The fourth-order valence-corrected chi connectivity index (χ4v) is 1.77. The van der Waals surface area contributed by atoms with Crippen LogP contribution in [0.3, 0.4) is 0 Å². The molecule has 1 atom stereocenters. The molecule has 2 rings (SSSR count). The molecule has 2 heteroatoms. The van der Waals surface area contributed by atoms with Crippen molar-refractivity contribution in [3.05, 3.63) is 41.5 Å². The molecule has 2 nitrogen and oxygen atoms in total. The van der Waals surface area contributed by atoms with Gasteiger partial charge in [0.05, 0.1) is 0 Å². The fraction of sp³-hybridized carbons (Fsp3) is 0.308. The first-order valence-electron chi connectivity index (χ1n) is 5.28. The zero-order valence-electron chi connectivity index (χ0n) is 8.77. The highest BCUT2D eigenvalue weighted by Crippen LogP contribution is 2.37. The van der Waals surface area contributed by atoms with E-state index in [9.17, 15) is 4.79 Å². The molecule has 1 heterocycles. The van der Waals surface area contributed by atoms with Crippen LogP contribution >= 0.6 is 0 Å². The number of hydrogen-bond donors (Lipinski definition) is 0. The van der Waals surface area contributed by atoms with Crippen LogP contribution < -0.4 is 0 Å². The number of carbonyl (C=O) groups is 1. The molecule has 0 bridgehead atoms. The van der Waals surface area contributed by atoms with Gasteiger partial charge in [-0.2, -0.15) is 0 Å². The minimum atomic E-state index is -0.413. The minimum absolute atomic E-state index is 0.413. The van der Waals surface area contributed by atoms with Crippen molar-refractivity contribution in [2.45, 2.75) is 25.9 Å². The quantitative estimate of drug-likeness (QED) is 0.704. The Morgan fingerprint density at radius 2 is 2.20 bits per heavy atom. The molecule has 1 aliphatic rings. The van der Waals surface area contributed by atoms with E-state index in [2.05, 4.69) is 13.0 Å². The van der Waals surface area contributed by atoms with Crippen molar-refractivity contribution >= 4 is 12.0 Å². The monoisotopic (exact) mass is 202 g/mol. The smallest absolute Gasteiger partial charge is 0.179 e. The highest BCUT2D eigenvalue weighted by Gasteiger charge is 2.26. The van der Waals surface area contributed by atoms with Crippen LogP contribution in [0.15, 0.2) is 30.3 Å². The Morgan fingerprint density at radius 3 is 2.93 bits per heavy atom. The third kappa shape index (κ3) is 1.80. The topological polar surface area (TPSA) is 26.3 Å². The van der Waals surface area contributed by atoms with E-state index in [0.717, 1.165) is 36.0 Å². The molecule has 1 unspecified atom stereocenters. The molecule has 0 aliphatic carbocycles. The van der Waals surface area contributed by atoms with Crippen molar-refractivity contribution in [2.75, 3.05) is 0 Å². The second kappa shape index (κ2) is 4.30. The fourth-order valence-electron chi connectivity index (χ4n) is 1.77. The number of ether oxygens (including phenoxy) is 1. The van der Waals surface area contributed by atoms with Crippen LogP contribution in [0, 0.1) is 0 Å². The summed E-state index contributed by atoms with van der Waals surface area (Å²) < 4.78 is 5.58. The summed E-state index contributed by atoms with van der Waals surface area (Å²) >= 11 is 0. The first-order chi connectivity index (χ1) is 7.36. The third-order valence-corrected chi connectivity index (χ3v) is 2.53. The van der Waals surface area contributed by atoms with Crippen LogP contribution in [0.1, 0.15) is 37.0 Å². The maximum atomic E-state index is 10.8. The van der Waals surface area contributed by atoms with Gasteiger partial charge in [0.25, 0.3) is 0 Å². The van der Waals surface area contributed by atoms with E-state index in [1.165, 1.54) is 0 Å². The summed E-state index contributed by atoms with van der Waals surface area (Å²) in [5, 5.41) is 0. The highest BCUT2D eigenvalue weighted by molar-refractivity contribution is 5.75. The molecule has 0 radical (unpaired) electrons. The number of unbranched alkanes of at least 4 members (excludes halogenated alkanes) is 1. The van der Waals surface area contributed by atoms with Gasteiger partial charge in [-0.1, -0.05) is 37.6 Å². The zero-order chi connectivity index (χ0) is 10.7. The van der Waals surface area contributed by atoms with Gasteiger partial charge in [-0.15, -0.1) is 0 Å². The van der Waals surface area contributed by atoms with Crippen LogP contribution in [-0.2, 0) is 9.53 Å². The minimum Gasteiger partial charge on any atom is -0.478 e. The molecule has 0 spiro atoms. The van der Waals surface area contributed by atoms with Crippen molar-refractivity contribution in [1.29, 1.82) is 0 Å². The number of fused-ring (bicyclic) bond motifs is 1. The van der Waals surface area contributed by atoms with Crippen LogP contribution in [0.2, 0.25) is 0 Å². The Kier molecular flexibility index (Phi) is 2.86. The van der Waals surface area contributed by atoms with Gasteiger partial charge < -0.3 is 4.74 Å². The average molecular weight is 202 g/mol. The highest BCUT2D eigenvalue weighted by atomic mass is 16.5. The average Bonchev–Trinajstić information content (AvgIpc) is 2.65. The van der Waals surface area contributed by atoms with Crippen LogP contribution in [0.4, 0.5) is 0 Å². The van der Waals surface area contributed by atoms with Gasteiger partial charge in [0.2, 0.25) is 0 Å². The second-order valence-corrected chi connectivity index (χ2v) is 3.62. The van der Waals surface area contributed by atoms with E-state index in [0.29, 0.717) is 0 Å². The predicted octanol–water partition coefficient (Wildman–Crippen LogP) is 3.10. The lowest BCUT2D eigenvalue weighted by Gasteiger charge is -2.02.